The monoisotopic (exact) mass is 302 g/mol. The van der Waals surface area contributed by atoms with E-state index in [1.807, 2.05) is 0 Å². The molecule has 1 aromatic rings. The topological polar surface area (TPSA) is 29.5 Å². The molecule has 5 heteroatoms. The Morgan fingerprint density at radius 2 is 1.90 bits per heavy atom. The van der Waals surface area contributed by atoms with Crippen molar-refractivity contribution in [2.75, 3.05) is 0 Å². The van der Waals surface area contributed by atoms with E-state index in [0.29, 0.717) is 11.8 Å². The van der Waals surface area contributed by atoms with Crippen LogP contribution in [0.2, 0.25) is 0 Å². The molecular formula is C16H21F3O2. The molecule has 3 unspecified atom stereocenters. The van der Waals surface area contributed by atoms with Crippen LogP contribution in [0.25, 0.3) is 0 Å². The number of benzene rings is 1. The van der Waals surface area contributed by atoms with Gasteiger partial charge in [0.2, 0.25) is 0 Å². The van der Waals surface area contributed by atoms with E-state index < -0.39 is 18.3 Å². The molecule has 1 aliphatic rings. The predicted octanol–water partition coefficient (Wildman–Crippen LogP) is 4.40. The molecule has 1 N–H and O–H groups in total. The fourth-order valence-electron chi connectivity index (χ4n) is 2.78. The van der Waals surface area contributed by atoms with Crippen molar-refractivity contribution in [3.05, 3.63) is 29.3 Å². The van der Waals surface area contributed by atoms with Gasteiger partial charge in [-0.3, -0.25) is 0 Å². The van der Waals surface area contributed by atoms with E-state index in [9.17, 15) is 13.2 Å². The summed E-state index contributed by atoms with van der Waals surface area (Å²) >= 11 is 0. The third-order valence-electron chi connectivity index (χ3n) is 4.38. The van der Waals surface area contributed by atoms with Gasteiger partial charge < -0.3 is 9.84 Å². The third kappa shape index (κ3) is 3.90. The Labute approximate surface area is 122 Å². The zero-order chi connectivity index (χ0) is 15.6. The highest BCUT2D eigenvalue weighted by Gasteiger charge is 2.36. The summed E-state index contributed by atoms with van der Waals surface area (Å²) in [6.07, 6.45) is -2.11. The number of hydrogen-bond donors (Lipinski definition) is 1. The van der Waals surface area contributed by atoms with Crippen molar-refractivity contribution in [3.8, 4) is 5.75 Å². The lowest BCUT2D eigenvalue weighted by molar-refractivity contribution is -0.139. The zero-order valence-corrected chi connectivity index (χ0v) is 12.3. The molecule has 0 aliphatic heterocycles. The minimum Gasteiger partial charge on any atom is -0.490 e. The highest BCUT2D eigenvalue weighted by molar-refractivity contribution is 5.39. The highest BCUT2D eigenvalue weighted by Crippen LogP contribution is 2.39. The van der Waals surface area contributed by atoms with Gasteiger partial charge in [-0.25, -0.2) is 0 Å². The van der Waals surface area contributed by atoms with Gasteiger partial charge in [0.25, 0.3) is 0 Å². The number of ether oxygens (including phenoxy) is 1. The van der Waals surface area contributed by atoms with E-state index in [1.165, 1.54) is 12.1 Å². The van der Waals surface area contributed by atoms with Crippen LogP contribution >= 0.6 is 0 Å². The predicted molar refractivity (Wildman–Crippen MR) is 74.0 cm³/mol. The molecule has 0 saturated heterocycles. The Bertz CT molecular complexity index is 485. The summed E-state index contributed by atoms with van der Waals surface area (Å²) in [5.41, 5.74) is -0.569. The number of rotatable bonds is 3. The lowest BCUT2D eigenvalue weighted by Crippen LogP contribution is -2.29. The van der Waals surface area contributed by atoms with E-state index in [1.54, 1.807) is 0 Å². The molecule has 0 bridgehead atoms. The van der Waals surface area contributed by atoms with E-state index in [0.717, 1.165) is 25.3 Å². The SMILES string of the molecule is CC1CCC(Oc2ccc(CO)cc2C(F)(F)F)CC1C. The second kappa shape index (κ2) is 6.26. The minimum atomic E-state index is -4.48. The Kier molecular flexibility index (Phi) is 4.81. The summed E-state index contributed by atoms with van der Waals surface area (Å²) in [7, 11) is 0. The molecule has 0 spiro atoms. The average Bonchev–Trinajstić information content (AvgIpc) is 2.42. The van der Waals surface area contributed by atoms with Gasteiger partial charge >= 0.3 is 6.18 Å². The van der Waals surface area contributed by atoms with Gasteiger partial charge in [0, 0.05) is 0 Å². The number of hydrogen-bond acceptors (Lipinski definition) is 2. The molecule has 0 heterocycles. The molecule has 2 rings (SSSR count). The normalized spacial score (nSPS) is 26.7. The van der Waals surface area contributed by atoms with Crippen molar-refractivity contribution in [2.24, 2.45) is 11.8 Å². The largest absolute Gasteiger partial charge is 0.490 e. The lowest BCUT2D eigenvalue weighted by Gasteiger charge is -2.32. The van der Waals surface area contributed by atoms with Crippen LogP contribution in [-0.4, -0.2) is 11.2 Å². The van der Waals surface area contributed by atoms with Crippen molar-refractivity contribution in [3.63, 3.8) is 0 Å². The Morgan fingerprint density at radius 3 is 2.48 bits per heavy atom. The van der Waals surface area contributed by atoms with Gasteiger partial charge in [-0.2, -0.15) is 13.2 Å². The zero-order valence-electron chi connectivity index (χ0n) is 12.3. The molecule has 0 amide bonds. The first kappa shape index (κ1) is 16.1. The Morgan fingerprint density at radius 1 is 1.19 bits per heavy atom. The van der Waals surface area contributed by atoms with Gasteiger partial charge in [0.1, 0.15) is 5.75 Å². The Hall–Kier alpha value is -1.23. The van der Waals surface area contributed by atoms with Crippen LogP contribution in [0.15, 0.2) is 18.2 Å². The van der Waals surface area contributed by atoms with E-state index >= 15 is 0 Å². The van der Waals surface area contributed by atoms with Crippen molar-refractivity contribution in [1.82, 2.24) is 0 Å². The van der Waals surface area contributed by atoms with Crippen LogP contribution in [-0.2, 0) is 12.8 Å². The molecule has 21 heavy (non-hydrogen) atoms. The van der Waals surface area contributed by atoms with Crippen molar-refractivity contribution < 1.29 is 23.0 Å². The molecule has 0 aromatic heterocycles. The second-order valence-electron chi connectivity index (χ2n) is 5.99. The smallest absolute Gasteiger partial charge is 0.419 e. The number of aliphatic hydroxyl groups excluding tert-OH is 1. The summed E-state index contributed by atoms with van der Waals surface area (Å²) in [4.78, 5) is 0. The molecule has 1 aromatic carbocycles. The molecule has 0 radical (unpaired) electrons. The van der Waals surface area contributed by atoms with E-state index in [-0.39, 0.29) is 17.4 Å². The van der Waals surface area contributed by atoms with Crippen LogP contribution in [0.3, 0.4) is 0 Å². The number of alkyl halides is 3. The van der Waals surface area contributed by atoms with Crippen molar-refractivity contribution in [2.45, 2.75) is 52.0 Å². The fraction of sp³-hybridized carbons (Fsp3) is 0.625. The van der Waals surface area contributed by atoms with E-state index in [2.05, 4.69) is 13.8 Å². The summed E-state index contributed by atoms with van der Waals surface area (Å²) in [6.45, 7) is 3.86. The van der Waals surface area contributed by atoms with Crippen LogP contribution in [0, 0.1) is 11.8 Å². The maximum absolute atomic E-state index is 13.1. The molecule has 118 valence electrons. The molecule has 2 nitrogen and oxygen atoms in total. The maximum Gasteiger partial charge on any atom is 0.419 e. The Balaban J connectivity index is 2.19. The molecule has 1 aliphatic carbocycles. The average molecular weight is 302 g/mol. The summed E-state index contributed by atoms with van der Waals surface area (Å²) in [5.74, 6) is 0.907. The van der Waals surface area contributed by atoms with Crippen molar-refractivity contribution in [1.29, 1.82) is 0 Å². The van der Waals surface area contributed by atoms with Crippen LogP contribution in [0.4, 0.5) is 13.2 Å². The molecule has 1 fully saturated rings. The van der Waals surface area contributed by atoms with Gasteiger partial charge in [-0.15, -0.1) is 0 Å². The quantitative estimate of drug-likeness (QED) is 0.896. The standard InChI is InChI=1S/C16H21F3O2/c1-10-3-5-13(7-11(10)2)21-15-6-4-12(9-20)8-14(15)16(17,18)19/h4,6,8,10-11,13,20H,3,5,7,9H2,1-2H3. The summed E-state index contributed by atoms with van der Waals surface area (Å²) < 4.78 is 44.9. The molecule has 1 saturated carbocycles. The first-order valence-corrected chi connectivity index (χ1v) is 7.29. The third-order valence-corrected chi connectivity index (χ3v) is 4.38. The van der Waals surface area contributed by atoms with Crippen molar-refractivity contribution >= 4 is 0 Å². The second-order valence-corrected chi connectivity index (χ2v) is 5.99. The first-order chi connectivity index (χ1) is 9.81. The number of halogens is 3. The van der Waals surface area contributed by atoms with Crippen LogP contribution < -0.4 is 4.74 Å². The lowest BCUT2D eigenvalue weighted by atomic mass is 9.80. The number of aliphatic hydroxyl groups is 1. The summed E-state index contributed by atoms with van der Waals surface area (Å²) in [5, 5.41) is 9.00. The minimum absolute atomic E-state index is 0.133. The van der Waals surface area contributed by atoms with E-state index in [4.69, 9.17) is 9.84 Å². The first-order valence-electron chi connectivity index (χ1n) is 7.29. The van der Waals surface area contributed by atoms with Gasteiger partial charge in [-0.05, 0) is 48.8 Å². The molecular weight excluding hydrogens is 281 g/mol. The fourth-order valence-corrected chi connectivity index (χ4v) is 2.78. The van der Waals surface area contributed by atoms with Gasteiger partial charge in [0.05, 0.1) is 18.3 Å². The van der Waals surface area contributed by atoms with Gasteiger partial charge in [-0.1, -0.05) is 19.9 Å². The molecule has 3 atom stereocenters. The van der Waals surface area contributed by atoms with Gasteiger partial charge in [0.15, 0.2) is 0 Å². The van der Waals surface area contributed by atoms with Crippen LogP contribution in [0.1, 0.15) is 44.2 Å². The summed E-state index contributed by atoms with van der Waals surface area (Å²) in [6, 6.07) is 3.75. The van der Waals surface area contributed by atoms with Crippen LogP contribution in [0.5, 0.6) is 5.75 Å². The maximum atomic E-state index is 13.1. The highest BCUT2D eigenvalue weighted by atomic mass is 19.4.